The van der Waals surface area contributed by atoms with E-state index in [0.29, 0.717) is 17.3 Å². The lowest BCUT2D eigenvalue weighted by atomic mass is 10.2. The standard InChI is InChI=1S/C19H15FN4/c1-12-11-14-18(21-12)23-17(13-7-3-2-4-8-13)24-19(14)22-16-10-6-5-9-15(16)20/h2-11H,1H3,(H2,21,22,23,24). The number of H-pyrrole nitrogens is 1. The Morgan fingerprint density at radius 3 is 2.50 bits per heavy atom. The Hall–Kier alpha value is -3.21. The van der Waals surface area contributed by atoms with Crippen molar-refractivity contribution in [3.63, 3.8) is 0 Å². The highest BCUT2D eigenvalue weighted by atomic mass is 19.1. The van der Waals surface area contributed by atoms with Gasteiger partial charge in [0.1, 0.15) is 17.3 Å². The molecule has 0 saturated heterocycles. The van der Waals surface area contributed by atoms with E-state index in [-0.39, 0.29) is 5.82 Å². The van der Waals surface area contributed by atoms with Crippen LogP contribution >= 0.6 is 0 Å². The Kier molecular flexibility index (Phi) is 3.46. The van der Waals surface area contributed by atoms with E-state index in [1.807, 2.05) is 43.3 Å². The Labute approximate surface area is 138 Å². The topological polar surface area (TPSA) is 53.6 Å². The molecule has 0 saturated carbocycles. The highest BCUT2D eigenvalue weighted by molar-refractivity contribution is 5.91. The van der Waals surface area contributed by atoms with Crippen LogP contribution in [0.1, 0.15) is 5.69 Å². The number of nitrogens with one attached hydrogen (secondary N) is 2. The number of hydrogen-bond acceptors (Lipinski definition) is 3. The minimum absolute atomic E-state index is 0.321. The van der Waals surface area contributed by atoms with Gasteiger partial charge >= 0.3 is 0 Å². The summed E-state index contributed by atoms with van der Waals surface area (Å²) in [5.41, 5.74) is 2.99. The van der Waals surface area contributed by atoms with Gasteiger partial charge in [-0.3, -0.25) is 0 Å². The number of aromatic nitrogens is 3. The molecule has 0 radical (unpaired) electrons. The first kappa shape index (κ1) is 14.4. The molecule has 0 unspecified atom stereocenters. The maximum Gasteiger partial charge on any atom is 0.163 e. The summed E-state index contributed by atoms with van der Waals surface area (Å²) >= 11 is 0. The van der Waals surface area contributed by atoms with Gasteiger partial charge in [-0.25, -0.2) is 14.4 Å². The van der Waals surface area contributed by atoms with E-state index < -0.39 is 0 Å². The number of fused-ring (bicyclic) bond motifs is 1. The number of benzene rings is 2. The molecule has 4 rings (SSSR count). The van der Waals surface area contributed by atoms with Crippen molar-refractivity contribution in [2.75, 3.05) is 5.32 Å². The molecule has 0 aliphatic carbocycles. The average molecular weight is 318 g/mol. The van der Waals surface area contributed by atoms with Crippen molar-refractivity contribution in [3.05, 3.63) is 72.2 Å². The fraction of sp³-hybridized carbons (Fsp3) is 0.0526. The molecule has 0 spiro atoms. The zero-order chi connectivity index (χ0) is 16.5. The summed E-state index contributed by atoms with van der Waals surface area (Å²) in [5.74, 6) is 0.842. The van der Waals surface area contributed by atoms with Gasteiger partial charge in [-0.05, 0) is 25.1 Å². The molecular weight excluding hydrogens is 303 g/mol. The summed E-state index contributed by atoms with van der Waals surface area (Å²) in [5, 5.41) is 3.92. The predicted molar refractivity (Wildman–Crippen MR) is 93.7 cm³/mol. The van der Waals surface area contributed by atoms with Crippen LogP contribution in [0.15, 0.2) is 60.7 Å². The molecule has 0 bridgehead atoms. The second kappa shape index (κ2) is 5.77. The molecule has 0 amide bonds. The first-order valence-corrected chi connectivity index (χ1v) is 7.65. The third-order valence-corrected chi connectivity index (χ3v) is 3.78. The van der Waals surface area contributed by atoms with E-state index >= 15 is 0 Å². The lowest BCUT2D eigenvalue weighted by molar-refractivity contribution is 0.632. The molecule has 118 valence electrons. The number of anilines is 2. The highest BCUT2D eigenvalue weighted by Crippen LogP contribution is 2.28. The van der Waals surface area contributed by atoms with Crippen molar-refractivity contribution < 1.29 is 4.39 Å². The van der Waals surface area contributed by atoms with Crippen LogP contribution in [0.3, 0.4) is 0 Å². The number of nitrogens with zero attached hydrogens (tertiary/aromatic N) is 2. The van der Waals surface area contributed by atoms with E-state index in [1.165, 1.54) is 6.07 Å². The van der Waals surface area contributed by atoms with Gasteiger partial charge in [0.15, 0.2) is 5.82 Å². The van der Waals surface area contributed by atoms with Crippen LogP contribution in [0.25, 0.3) is 22.4 Å². The van der Waals surface area contributed by atoms with Crippen molar-refractivity contribution >= 4 is 22.5 Å². The van der Waals surface area contributed by atoms with Crippen LogP contribution in [0.5, 0.6) is 0 Å². The zero-order valence-corrected chi connectivity index (χ0v) is 13.0. The molecule has 0 aliphatic heterocycles. The van der Waals surface area contributed by atoms with E-state index in [1.54, 1.807) is 18.2 Å². The number of aromatic amines is 1. The van der Waals surface area contributed by atoms with Gasteiger partial charge in [-0.2, -0.15) is 0 Å². The Bertz CT molecular complexity index is 1010. The maximum atomic E-state index is 14.0. The smallest absolute Gasteiger partial charge is 0.163 e. The number of halogens is 1. The molecule has 0 fully saturated rings. The Balaban J connectivity index is 1.88. The van der Waals surface area contributed by atoms with Crippen LogP contribution in [-0.2, 0) is 0 Å². The van der Waals surface area contributed by atoms with Crippen LogP contribution in [0.2, 0.25) is 0 Å². The Morgan fingerprint density at radius 1 is 0.958 bits per heavy atom. The summed E-state index contributed by atoms with van der Waals surface area (Å²) in [6.45, 7) is 1.96. The first-order valence-electron chi connectivity index (χ1n) is 7.65. The van der Waals surface area contributed by atoms with Crippen molar-refractivity contribution in [1.82, 2.24) is 15.0 Å². The van der Waals surface area contributed by atoms with Crippen molar-refractivity contribution in [2.45, 2.75) is 6.92 Å². The van der Waals surface area contributed by atoms with E-state index in [0.717, 1.165) is 22.3 Å². The lowest BCUT2D eigenvalue weighted by Crippen LogP contribution is -2.00. The molecule has 24 heavy (non-hydrogen) atoms. The number of aryl methyl sites for hydroxylation is 1. The van der Waals surface area contributed by atoms with Gasteiger partial charge in [0.25, 0.3) is 0 Å². The summed E-state index contributed by atoms with van der Waals surface area (Å²) in [6, 6.07) is 18.2. The van der Waals surface area contributed by atoms with Crippen LogP contribution < -0.4 is 5.32 Å². The minimum Gasteiger partial charge on any atom is -0.343 e. The monoisotopic (exact) mass is 318 g/mol. The van der Waals surface area contributed by atoms with Crippen molar-refractivity contribution in [1.29, 1.82) is 0 Å². The van der Waals surface area contributed by atoms with Gasteiger partial charge in [-0.15, -0.1) is 0 Å². The third-order valence-electron chi connectivity index (χ3n) is 3.78. The largest absolute Gasteiger partial charge is 0.343 e. The second-order valence-corrected chi connectivity index (χ2v) is 5.58. The predicted octanol–water partition coefficient (Wildman–Crippen LogP) is 4.82. The number of hydrogen-bond donors (Lipinski definition) is 2. The summed E-state index contributed by atoms with van der Waals surface area (Å²) in [4.78, 5) is 12.4. The molecule has 0 aliphatic rings. The SMILES string of the molecule is Cc1cc2c(Nc3ccccc3F)nc(-c3ccccc3)nc2[nH]1. The van der Waals surface area contributed by atoms with Gasteiger partial charge in [0, 0.05) is 11.3 Å². The van der Waals surface area contributed by atoms with E-state index in [4.69, 9.17) is 0 Å². The number of rotatable bonds is 3. The fourth-order valence-corrected chi connectivity index (χ4v) is 2.64. The first-order chi connectivity index (χ1) is 11.7. The summed E-state index contributed by atoms with van der Waals surface area (Å²) in [6.07, 6.45) is 0. The average Bonchev–Trinajstić information content (AvgIpc) is 2.98. The summed E-state index contributed by atoms with van der Waals surface area (Å²) < 4.78 is 14.0. The van der Waals surface area contributed by atoms with Crippen LogP contribution in [-0.4, -0.2) is 15.0 Å². The fourth-order valence-electron chi connectivity index (χ4n) is 2.64. The van der Waals surface area contributed by atoms with Gasteiger partial charge in [-0.1, -0.05) is 42.5 Å². The molecule has 5 heteroatoms. The van der Waals surface area contributed by atoms with Crippen LogP contribution in [0.4, 0.5) is 15.9 Å². The highest BCUT2D eigenvalue weighted by Gasteiger charge is 2.13. The van der Waals surface area contributed by atoms with Gasteiger partial charge in [0.05, 0.1) is 11.1 Å². The molecular formula is C19H15FN4. The zero-order valence-electron chi connectivity index (χ0n) is 13.0. The molecule has 2 N–H and O–H groups in total. The third kappa shape index (κ3) is 2.60. The van der Waals surface area contributed by atoms with Gasteiger partial charge in [0.2, 0.25) is 0 Å². The quantitative estimate of drug-likeness (QED) is 0.569. The Morgan fingerprint density at radius 2 is 1.71 bits per heavy atom. The van der Waals surface area contributed by atoms with E-state index in [9.17, 15) is 4.39 Å². The second-order valence-electron chi connectivity index (χ2n) is 5.58. The van der Waals surface area contributed by atoms with Gasteiger partial charge < -0.3 is 10.3 Å². The normalized spacial score (nSPS) is 10.9. The van der Waals surface area contributed by atoms with Crippen molar-refractivity contribution in [2.24, 2.45) is 0 Å². The molecule has 2 aromatic carbocycles. The maximum absolute atomic E-state index is 14.0. The van der Waals surface area contributed by atoms with Crippen LogP contribution in [0, 0.1) is 12.7 Å². The van der Waals surface area contributed by atoms with Crippen molar-refractivity contribution in [3.8, 4) is 11.4 Å². The van der Waals surface area contributed by atoms with E-state index in [2.05, 4.69) is 20.3 Å². The number of para-hydroxylation sites is 1. The molecule has 4 aromatic rings. The molecule has 2 heterocycles. The molecule has 0 atom stereocenters. The molecule has 4 nitrogen and oxygen atoms in total. The molecule has 2 aromatic heterocycles. The summed E-state index contributed by atoms with van der Waals surface area (Å²) in [7, 11) is 0. The lowest BCUT2D eigenvalue weighted by Gasteiger charge is -2.09. The minimum atomic E-state index is -0.321.